The van der Waals surface area contributed by atoms with Crippen LogP contribution in [0.3, 0.4) is 0 Å². The van der Waals surface area contributed by atoms with Gasteiger partial charge in [0.15, 0.2) is 11.6 Å². The number of nitrogens with two attached hydrogens (primary N) is 1. The van der Waals surface area contributed by atoms with Gasteiger partial charge in [-0.15, -0.1) is 12.4 Å². The van der Waals surface area contributed by atoms with Crippen molar-refractivity contribution < 1.29 is 27.8 Å². The van der Waals surface area contributed by atoms with E-state index < -0.39 is 35.1 Å². The Labute approximate surface area is 120 Å². The molecular formula is C12H15ClF3NO3. The van der Waals surface area contributed by atoms with E-state index in [0.29, 0.717) is 0 Å². The molecule has 1 aromatic rings. The number of aromatic hydroxyl groups is 1. The van der Waals surface area contributed by atoms with Crippen molar-refractivity contribution in [3.8, 4) is 5.75 Å². The molecule has 0 radical (unpaired) electrons. The average molecular weight is 314 g/mol. The molecule has 0 saturated heterocycles. The van der Waals surface area contributed by atoms with Crippen molar-refractivity contribution in [1.29, 1.82) is 0 Å². The van der Waals surface area contributed by atoms with Gasteiger partial charge in [0.05, 0.1) is 6.61 Å². The Hall–Kier alpha value is -1.47. The molecule has 0 aromatic heterocycles. The molecule has 3 N–H and O–H groups in total. The molecule has 20 heavy (non-hydrogen) atoms. The molecule has 1 atom stereocenters. The Kier molecular flexibility index (Phi) is 6.31. The zero-order chi connectivity index (χ0) is 14.8. The normalized spacial score (nSPS) is 12.5. The quantitative estimate of drug-likeness (QED) is 0.838. The van der Waals surface area contributed by atoms with Crippen molar-refractivity contribution in [2.45, 2.75) is 25.8 Å². The Morgan fingerprint density at radius 1 is 1.50 bits per heavy atom. The van der Waals surface area contributed by atoms with Gasteiger partial charge in [0.1, 0.15) is 6.04 Å². The van der Waals surface area contributed by atoms with E-state index in [2.05, 4.69) is 4.74 Å². The highest BCUT2D eigenvalue weighted by Crippen LogP contribution is 2.38. The number of phenolic OH excluding ortho intramolecular Hbond substituents is 1. The van der Waals surface area contributed by atoms with E-state index in [1.807, 2.05) is 0 Å². The molecule has 0 aliphatic carbocycles. The van der Waals surface area contributed by atoms with Crippen LogP contribution in [0.2, 0.25) is 0 Å². The first-order chi connectivity index (χ1) is 8.73. The molecule has 114 valence electrons. The topological polar surface area (TPSA) is 72.5 Å². The van der Waals surface area contributed by atoms with Gasteiger partial charge in [0, 0.05) is 5.56 Å². The number of hydrogen-bond donors (Lipinski definition) is 2. The van der Waals surface area contributed by atoms with Crippen molar-refractivity contribution in [3.05, 3.63) is 29.1 Å². The standard InChI is InChI=1S/C12H14F3NO3.ClH/c1-3-19-11(18)12(14,15)10(16)8-6(2)4-5-7(13)9(8)17;/h4-5,10,17H,3,16H2,1-2H3;1H/t10-;/m1./s1. The number of phenols is 1. The third kappa shape index (κ3) is 3.34. The number of esters is 1. The highest BCUT2D eigenvalue weighted by Gasteiger charge is 2.49. The van der Waals surface area contributed by atoms with Gasteiger partial charge in [-0.05, 0) is 25.5 Å². The first-order valence-electron chi connectivity index (χ1n) is 5.52. The molecule has 0 heterocycles. The minimum absolute atomic E-state index is 0. The molecule has 4 nitrogen and oxygen atoms in total. The second-order valence-corrected chi connectivity index (χ2v) is 3.95. The summed E-state index contributed by atoms with van der Waals surface area (Å²) in [6.45, 7) is 2.50. The molecule has 0 saturated carbocycles. The maximum Gasteiger partial charge on any atom is 0.379 e. The lowest BCUT2D eigenvalue weighted by Gasteiger charge is -2.24. The number of rotatable bonds is 4. The second kappa shape index (κ2) is 6.81. The summed E-state index contributed by atoms with van der Waals surface area (Å²) < 4.78 is 44.9. The number of carbonyl (C=O) groups is 1. The molecule has 0 aliphatic heterocycles. The van der Waals surface area contributed by atoms with Gasteiger partial charge >= 0.3 is 11.9 Å². The van der Waals surface area contributed by atoms with Crippen molar-refractivity contribution in [3.63, 3.8) is 0 Å². The average Bonchev–Trinajstić information content (AvgIpc) is 2.34. The van der Waals surface area contributed by atoms with Crippen LogP contribution in [0.1, 0.15) is 24.1 Å². The van der Waals surface area contributed by atoms with Gasteiger partial charge in [-0.3, -0.25) is 0 Å². The van der Waals surface area contributed by atoms with Gasteiger partial charge in [-0.2, -0.15) is 8.78 Å². The van der Waals surface area contributed by atoms with Crippen molar-refractivity contribution in [2.75, 3.05) is 6.61 Å². The molecule has 0 fully saturated rings. The molecule has 0 spiro atoms. The van der Waals surface area contributed by atoms with Crippen molar-refractivity contribution in [1.82, 2.24) is 0 Å². The lowest BCUT2D eigenvalue weighted by Crippen LogP contribution is -2.42. The van der Waals surface area contributed by atoms with Crippen molar-refractivity contribution >= 4 is 18.4 Å². The third-order valence-electron chi connectivity index (χ3n) is 2.64. The SMILES string of the molecule is CCOC(=O)C(F)(F)[C@H](N)c1c(C)ccc(F)c1O.Cl. The van der Waals surface area contributed by atoms with E-state index in [-0.39, 0.29) is 24.6 Å². The van der Waals surface area contributed by atoms with Crippen LogP contribution in [0.4, 0.5) is 13.2 Å². The lowest BCUT2D eigenvalue weighted by atomic mass is 9.95. The van der Waals surface area contributed by atoms with Gasteiger partial charge < -0.3 is 15.6 Å². The summed E-state index contributed by atoms with van der Waals surface area (Å²) in [6.07, 6.45) is 0. The number of hydrogen-bond acceptors (Lipinski definition) is 4. The Balaban J connectivity index is 0.00000361. The van der Waals surface area contributed by atoms with E-state index in [1.165, 1.54) is 19.9 Å². The van der Waals surface area contributed by atoms with Gasteiger partial charge in [0.25, 0.3) is 0 Å². The summed E-state index contributed by atoms with van der Waals surface area (Å²) in [5.74, 6) is -7.95. The van der Waals surface area contributed by atoms with Crippen LogP contribution in [0.5, 0.6) is 5.75 Å². The van der Waals surface area contributed by atoms with Crippen molar-refractivity contribution in [2.24, 2.45) is 5.73 Å². The van der Waals surface area contributed by atoms with Crippen LogP contribution in [0, 0.1) is 12.7 Å². The number of carbonyl (C=O) groups excluding carboxylic acids is 1. The molecule has 0 amide bonds. The van der Waals surface area contributed by atoms with Crippen LogP contribution >= 0.6 is 12.4 Å². The maximum atomic E-state index is 13.7. The van der Waals surface area contributed by atoms with Gasteiger partial charge in [-0.25, -0.2) is 9.18 Å². The third-order valence-corrected chi connectivity index (χ3v) is 2.64. The molecule has 0 aliphatic rings. The molecular weight excluding hydrogens is 299 g/mol. The molecule has 0 bridgehead atoms. The lowest BCUT2D eigenvalue weighted by molar-refractivity contribution is -0.174. The molecule has 0 unspecified atom stereocenters. The Morgan fingerprint density at radius 2 is 2.05 bits per heavy atom. The summed E-state index contributed by atoms with van der Waals surface area (Å²) in [6, 6.07) is -0.0863. The number of alkyl halides is 2. The minimum atomic E-state index is -4.06. The zero-order valence-electron chi connectivity index (χ0n) is 10.8. The monoisotopic (exact) mass is 313 g/mol. The fraction of sp³-hybridized carbons (Fsp3) is 0.417. The predicted octanol–water partition coefficient (Wildman–Crippen LogP) is 2.46. The van der Waals surface area contributed by atoms with Gasteiger partial charge in [0.2, 0.25) is 0 Å². The number of aryl methyl sites for hydroxylation is 1. The summed E-state index contributed by atoms with van der Waals surface area (Å²) >= 11 is 0. The van der Waals surface area contributed by atoms with Crippen LogP contribution in [-0.4, -0.2) is 23.6 Å². The molecule has 1 aromatic carbocycles. The summed E-state index contributed by atoms with van der Waals surface area (Å²) in [5.41, 5.74) is 4.93. The molecule has 1 rings (SSSR count). The smallest absolute Gasteiger partial charge is 0.379 e. The highest BCUT2D eigenvalue weighted by atomic mass is 35.5. The minimum Gasteiger partial charge on any atom is -0.505 e. The second-order valence-electron chi connectivity index (χ2n) is 3.95. The van der Waals surface area contributed by atoms with E-state index in [4.69, 9.17) is 5.73 Å². The Morgan fingerprint density at radius 3 is 2.55 bits per heavy atom. The number of benzene rings is 1. The number of halogens is 4. The van der Waals surface area contributed by atoms with E-state index in [1.54, 1.807) is 0 Å². The van der Waals surface area contributed by atoms with E-state index in [9.17, 15) is 23.1 Å². The first-order valence-corrected chi connectivity index (χ1v) is 5.52. The predicted molar refractivity (Wildman–Crippen MR) is 68.6 cm³/mol. The maximum absolute atomic E-state index is 13.7. The van der Waals surface area contributed by atoms with Crippen LogP contribution in [-0.2, 0) is 9.53 Å². The zero-order valence-corrected chi connectivity index (χ0v) is 11.6. The summed E-state index contributed by atoms with van der Waals surface area (Å²) in [7, 11) is 0. The number of ether oxygens (including phenoxy) is 1. The Bertz CT molecular complexity index is 497. The van der Waals surface area contributed by atoms with E-state index in [0.717, 1.165) is 6.07 Å². The fourth-order valence-corrected chi connectivity index (χ4v) is 1.61. The fourth-order valence-electron chi connectivity index (χ4n) is 1.61. The largest absolute Gasteiger partial charge is 0.505 e. The first kappa shape index (κ1) is 18.5. The van der Waals surface area contributed by atoms with Crippen LogP contribution in [0.25, 0.3) is 0 Å². The summed E-state index contributed by atoms with van der Waals surface area (Å²) in [5, 5.41) is 9.48. The van der Waals surface area contributed by atoms with E-state index >= 15 is 0 Å². The highest BCUT2D eigenvalue weighted by molar-refractivity contribution is 5.85. The molecule has 8 heteroatoms. The van der Waals surface area contributed by atoms with Crippen LogP contribution in [0.15, 0.2) is 12.1 Å². The van der Waals surface area contributed by atoms with Crippen LogP contribution < -0.4 is 5.73 Å². The summed E-state index contributed by atoms with van der Waals surface area (Å²) in [4.78, 5) is 11.2. The van der Waals surface area contributed by atoms with Gasteiger partial charge in [-0.1, -0.05) is 6.07 Å².